The van der Waals surface area contributed by atoms with Gasteiger partial charge in [0, 0.05) is 19.1 Å². The predicted octanol–water partition coefficient (Wildman–Crippen LogP) is 5.18. The van der Waals surface area contributed by atoms with Crippen molar-refractivity contribution in [3.63, 3.8) is 0 Å². The Morgan fingerprint density at radius 3 is 2.55 bits per heavy atom. The van der Waals surface area contributed by atoms with E-state index in [9.17, 15) is 9.59 Å². The summed E-state index contributed by atoms with van der Waals surface area (Å²) in [6.45, 7) is 6.92. The van der Waals surface area contributed by atoms with Crippen LogP contribution in [0.5, 0.6) is 0 Å². The van der Waals surface area contributed by atoms with Crippen molar-refractivity contribution in [3.8, 4) is 0 Å². The number of hydrogen-bond donors (Lipinski definition) is 2. The van der Waals surface area contributed by atoms with E-state index in [0.29, 0.717) is 18.7 Å². The Labute approximate surface area is 195 Å². The van der Waals surface area contributed by atoms with Crippen LogP contribution in [0.4, 0.5) is 0 Å². The molecule has 0 heterocycles. The van der Waals surface area contributed by atoms with Crippen molar-refractivity contribution in [1.82, 2.24) is 10.6 Å². The first-order valence-corrected chi connectivity index (χ1v) is 11.2. The molecule has 5 heteroatoms. The minimum Gasteiger partial charge on any atom is -0.465 e. The normalized spacial score (nSPS) is 12.6. The third-order valence-electron chi connectivity index (χ3n) is 5.75. The average molecular weight is 445 g/mol. The van der Waals surface area contributed by atoms with E-state index >= 15 is 0 Å². The molecule has 0 fully saturated rings. The van der Waals surface area contributed by atoms with Gasteiger partial charge in [-0.25, -0.2) is 4.79 Å². The molecule has 0 aromatic heterocycles. The lowest BCUT2D eigenvalue weighted by Gasteiger charge is -2.20. The van der Waals surface area contributed by atoms with Crippen LogP contribution in [0.3, 0.4) is 0 Å². The number of carbonyl (C=O) groups is 2. The van der Waals surface area contributed by atoms with E-state index in [1.807, 2.05) is 32.1 Å². The molecule has 3 aromatic carbocycles. The molecule has 2 N–H and O–H groups in total. The minimum absolute atomic E-state index is 0.0793. The second-order valence-corrected chi connectivity index (χ2v) is 8.70. The molecule has 172 valence electrons. The lowest BCUT2D eigenvalue weighted by atomic mass is 9.91. The first kappa shape index (κ1) is 24.2. The number of esters is 1. The summed E-state index contributed by atoms with van der Waals surface area (Å²) < 4.78 is 4.75. The number of methoxy groups -OCH3 is 1. The summed E-state index contributed by atoms with van der Waals surface area (Å²) in [5.41, 5.74) is 1.91. The van der Waals surface area contributed by atoms with Gasteiger partial charge in [-0.1, -0.05) is 66.7 Å². The highest BCUT2D eigenvalue weighted by Gasteiger charge is 2.24. The molecule has 0 unspecified atom stereocenters. The first-order valence-electron chi connectivity index (χ1n) is 11.2. The Morgan fingerprint density at radius 1 is 1.03 bits per heavy atom. The van der Waals surface area contributed by atoms with Crippen LogP contribution in [0.15, 0.2) is 78.9 Å². The Hall–Kier alpha value is -3.44. The van der Waals surface area contributed by atoms with Gasteiger partial charge in [0.2, 0.25) is 5.91 Å². The zero-order valence-electron chi connectivity index (χ0n) is 19.7. The molecule has 1 amide bonds. The smallest absolute Gasteiger partial charge is 0.337 e. The summed E-state index contributed by atoms with van der Waals surface area (Å²) in [5.74, 6) is -0.471. The standard InChI is InChI=1S/C28H32N2O3/c1-20(24-15-8-12-22-11-5-6-14-25(22)24)29-17-9-16-28(2,3)27(32)30-19-21-10-7-13-23(18-21)26(31)33-4/h5-16,18,20,29H,17,19H2,1-4H3,(H,30,32)/b16-9+/t20-/m1/s1. The van der Waals surface area contributed by atoms with Crippen molar-refractivity contribution in [2.24, 2.45) is 5.41 Å². The molecule has 0 saturated heterocycles. The predicted molar refractivity (Wildman–Crippen MR) is 133 cm³/mol. The SMILES string of the molecule is COC(=O)c1cccc(CNC(=O)C(C)(C)/C=C/CN[C@H](C)c2cccc3ccccc23)c1. The number of fused-ring (bicyclic) bond motifs is 1. The Morgan fingerprint density at radius 2 is 1.76 bits per heavy atom. The number of ether oxygens (including phenoxy) is 1. The molecule has 5 nitrogen and oxygen atoms in total. The van der Waals surface area contributed by atoms with E-state index in [4.69, 9.17) is 4.74 Å². The van der Waals surface area contributed by atoms with Crippen LogP contribution in [0.2, 0.25) is 0 Å². The lowest BCUT2D eigenvalue weighted by molar-refractivity contribution is -0.127. The number of benzene rings is 3. The fourth-order valence-corrected chi connectivity index (χ4v) is 3.75. The first-order chi connectivity index (χ1) is 15.8. The number of rotatable bonds is 9. The monoisotopic (exact) mass is 444 g/mol. The van der Waals surface area contributed by atoms with Gasteiger partial charge in [-0.05, 0) is 54.8 Å². The van der Waals surface area contributed by atoms with Gasteiger partial charge < -0.3 is 15.4 Å². The number of carbonyl (C=O) groups excluding carboxylic acids is 2. The molecule has 3 aromatic rings. The van der Waals surface area contributed by atoms with Gasteiger partial charge in [-0.2, -0.15) is 0 Å². The van der Waals surface area contributed by atoms with Gasteiger partial charge in [-0.3, -0.25) is 4.79 Å². The van der Waals surface area contributed by atoms with Gasteiger partial charge in [0.1, 0.15) is 0 Å². The Balaban J connectivity index is 1.53. The summed E-state index contributed by atoms with van der Waals surface area (Å²) >= 11 is 0. The maximum Gasteiger partial charge on any atom is 0.337 e. The second-order valence-electron chi connectivity index (χ2n) is 8.70. The third-order valence-corrected chi connectivity index (χ3v) is 5.75. The van der Waals surface area contributed by atoms with Gasteiger partial charge >= 0.3 is 5.97 Å². The molecule has 0 spiro atoms. The van der Waals surface area contributed by atoms with Crippen molar-refractivity contribution in [2.75, 3.05) is 13.7 Å². The lowest BCUT2D eigenvalue weighted by Crippen LogP contribution is -2.35. The average Bonchev–Trinajstić information content (AvgIpc) is 2.84. The van der Waals surface area contributed by atoms with Crippen LogP contribution >= 0.6 is 0 Å². The molecule has 3 rings (SSSR count). The van der Waals surface area contributed by atoms with E-state index in [0.717, 1.165) is 5.56 Å². The highest BCUT2D eigenvalue weighted by Crippen LogP contribution is 2.24. The minimum atomic E-state index is -0.662. The van der Waals surface area contributed by atoms with Gasteiger partial charge in [0.25, 0.3) is 0 Å². The molecular weight excluding hydrogens is 412 g/mol. The highest BCUT2D eigenvalue weighted by atomic mass is 16.5. The summed E-state index contributed by atoms with van der Waals surface area (Å²) in [4.78, 5) is 24.4. The molecule has 0 aliphatic rings. The van der Waals surface area contributed by atoms with Crippen LogP contribution < -0.4 is 10.6 Å². The van der Waals surface area contributed by atoms with Crippen LogP contribution in [0.25, 0.3) is 10.8 Å². The van der Waals surface area contributed by atoms with Crippen molar-refractivity contribution < 1.29 is 14.3 Å². The number of hydrogen-bond acceptors (Lipinski definition) is 4. The fourth-order valence-electron chi connectivity index (χ4n) is 3.75. The largest absolute Gasteiger partial charge is 0.465 e. The van der Waals surface area contributed by atoms with Gasteiger partial charge in [0.15, 0.2) is 0 Å². The Bertz CT molecular complexity index is 1150. The highest BCUT2D eigenvalue weighted by molar-refractivity contribution is 5.89. The summed E-state index contributed by atoms with van der Waals surface area (Å²) in [5, 5.41) is 8.96. The molecule has 0 bridgehead atoms. The van der Waals surface area contributed by atoms with Gasteiger partial charge in [-0.15, -0.1) is 0 Å². The molecule has 33 heavy (non-hydrogen) atoms. The van der Waals surface area contributed by atoms with E-state index in [1.54, 1.807) is 18.2 Å². The maximum absolute atomic E-state index is 12.7. The molecule has 0 aliphatic heterocycles. The third kappa shape index (κ3) is 6.30. The van der Waals surface area contributed by atoms with E-state index in [2.05, 4.69) is 60.0 Å². The van der Waals surface area contributed by atoms with Crippen molar-refractivity contribution in [3.05, 3.63) is 95.6 Å². The molecule has 0 saturated carbocycles. The molecular formula is C28H32N2O3. The summed E-state index contributed by atoms with van der Waals surface area (Å²) in [6.07, 6.45) is 3.93. The van der Waals surface area contributed by atoms with Crippen molar-refractivity contribution >= 4 is 22.6 Å². The van der Waals surface area contributed by atoms with Crippen molar-refractivity contribution in [1.29, 1.82) is 0 Å². The van der Waals surface area contributed by atoms with Crippen LogP contribution in [-0.4, -0.2) is 25.5 Å². The number of nitrogens with one attached hydrogen (secondary N) is 2. The van der Waals surface area contributed by atoms with E-state index in [-0.39, 0.29) is 11.9 Å². The summed E-state index contributed by atoms with van der Waals surface area (Å²) in [7, 11) is 1.35. The van der Waals surface area contributed by atoms with Crippen molar-refractivity contribution in [2.45, 2.75) is 33.4 Å². The molecule has 0 aliphatic carbocycles. The topological polar surface area (TPSA) is 67.4 Å². The summed E-state index contributed by atoms with van der Waals surface area (Å²) in [6, 6.07) is 22.0. The fraction of sp³-hybridized carbons (Fsp3) is 0.286. The van der Waals surface area contributed by atoms with Gasteiger partial charge in [0.05, 0.1) is 18.1 Å². The molecule has 1 atom stereocenters. The Kier molecular flexibility index (Phi) is 8.01. The number of amides is 1. The van der Waals surface area contributed by atoms with Crippen LogP contribution in [0.1, 0.15) is 48.3 Å². The van der Waals surface area contributed by atoms with E-state index in [1.165, 1.54) is 23.4 Å². The second kappa shape index (κ2) is 10.9. The maximum atomic E-state index is 12.7. The van der Waals surface area contributed by atoms with E-state index < -0.39 is 11.4 Å². The zero-order chi connectivity index (χ0) is 23.8. The quantitative estimate of drug-likeness (QED) is 0.353. The zero-order valence-corrected chi connectivity index (χ0v) is 19.7. The molecule has 0 radical (unpaired) electrons. The van der Waals surface area contributed by atoms with Crippen LogP contribution in [-0.2, 0) is 16.1 Å². The van der Waals surface area contributed by atoms with Crippen LogP contribution in [0, 0.1) is 5.41 Å².